The first-order valence-corrected chi connectivity index (χ1v) is 19.1. The van der Waals surface area contributed by atoms with E-state index in [2.05, 4.69) is 20.8 Å². The standard InChI is InChI=1S/C35H50O10Si/c1-9-46(10-2,11-3)45-24-17-25-34(40,19-42-25)28-30(44-31(39)22-15-13-12-14-16-22)35(41)18-23(37)20(4)26(32(35,6)7)27(43-21(5)36)29(38)33(24,28)8/h12-16,23-25,27-28,30,37,40-41H,9-11,17-19H2,1-8H3/t23-,24+,25-,27-,28+,30+,33-,34+,35-/m1/s1. The third-order valence-electron chi connectivity index (χ3n) is 12.2. The summed E-state index contributed by atoms with van der Waals surface area (Å²) in [5.74, 6) is -3.22. The number of carbonyl (C=O) groups is 3. The van der Waals surface area contributed by atoms with Gasteiger partial charge < -0.3 is 34.0 Å². The highest BCUT2D eigenvalue weighted by Crippen LogP contribution is 2.64. The van der Waals surface area contributed by atoms with Crippen molar-refractivity contribution in [2.45, 2.75) is 128 Å². The Labute approximate surface area is 272 Å². The Morgan fingerprint density at radius 3 is 2.15 bits per heavy atom. The predicted octanol–water partition coefficient (Wildman–Crippen LogP) is 4.11. The summed E-state index contributed by atoms with van der Waals surface area (Å²) in [7, 11) is -2.42. The number of esters is 2. The summed E-state index contributed by atoms with van der Waals surface area (Å²) < 4.78 is 25.3. The first-order chi connectivity index (χ1) is 21.5. The molecule has 11 heteroatoms. The number of hydrogen-bond donors (Lipinski definition) is 3. The number of carbonyl (C=O) groups excluding carboxylic acids is 3. The summed E-state index contributed by atoms with van der Waals surface area (Å²) in [6.07, 6.45) is -5.86. The second-order valence-corrected chi connectivity index (χ2v) is 19.3. The summed E-state index contributed by atoms with van der Waals surface area (Å²) in [6.45, 7) is 14.1. The summed E-state index contributed by atoms with van der Waals surface area (Å²) >= 11 is 0. The van der Waals surface area contributed by atoms with E-state index in [-0.39, 0.29) is 30.6 Å². The third kappa shape index (κ3) is 4.95. The molecule has 9 atom stereocenters. The van der Waals surface area contributed by atoms with Crippen LogP contribution in [0.2, 0.25) is 18.1 Å². The highest BCUT2D eigenvalue weighted by molar-refractivity contribution is 6.73. The minimum Gasteiger partial charge on any atom is -0.455 e. The van der Waals surface area contributed by atoms with Crippen LogP contribution in [-0.2, 0) is 28.2 Å². The van der Waals surface area contributed by atoms with Gasteiger partial charge in [0, 0.05) is 31.1 Å². The Balaban J connectivity index is 1.83. The summed E-state index contributed by atoms with van der Waals surface area (Å²) in [4.78, 5) is 42.0. The van der Waals surface area contributed by atoms with E-state index in [9.17, 15) is 24.9 Å². The predicted molar refractivity (Wildman–Crippen MR) is 171 cm³/mol. The number of rotatable bonds is 8. The van der Waals surface area contributed by atoms with Crippen molar-refractivity contribution >= 4 is 26.0 Å². The molecule has 2 bridgehead atoms. The molecule has 0 amide bonds. The van der Waals surface area contributed by atoms with Crippen LogP contribution in [-0.4, -0.2) is 89.7 Å². The van der Waals surface area contributed by atoms with Gasteiger partial charge in [0.05, 0.1) is 35.9 Å². The minimum absolute atomic E-state index is 0.158. The van der Waals surface area contributed by atoms with Crippen molar-refractivity contribution in [2.24, 2.45) is 16.7 Å². The molecule has 2 saturated carbocycles. The highest BCUT2D eigenvalue weighted by atomic mass is 28.4. The maximum atomic E-state index is 15.4. The largest absolute Gasteiger partial charge is 0.455 e. The van der Waals surface area contributed by atoms with Gasteiger partial charge in [-0.25, -0.2) is 4.79 Å². The normalized spacial score (nSPS) is 38.5. The molecule has 0 radical (unpaired) electrons. The number of aliphatic hydroxyl groups is 3. The van der Waals surface area contributed by atoms with E-state index in [1.807, 2.05) is 0 Å². The van der Waals surface area contributed by atoms with Crippen molar-refractivity contribution in [3.05, 3.63) is 47.0 Å². The van der Waals surface area contributed by atoms with Crippen LogP contribution in [0.4, 0.5) is 0 Å². The van der Waals surface area contributed by atoms with Crippen molar-refractivity contribution in [2.75, 3.05) is 6.61 Å². The summed E-state index contributed by atoms with van der Waals surface area (Å²) in [6, 6.07) is 10.7. The van der Waals surface area contributed by atoms with Crippen LogP contribution < -0.4 is 0 Å². The van der Waals surface area contributed by atoms with Gasteiger partial charge in [0.1, 0.15) is 17.3 Å². The highest BCUT2D eigenvalue weighted by Gasteiger charge is 2.77. The van der Waals surface area contributed by atoms with E-state index < -0.39 is 84.5 Å². The zero-order valence-electron chi connectivity index (χ0n) is 28.3. The Morgan fingerprint density at radius 2 is 1.63 bits per heavy atom. The van der Waals surface area contributed by atoms with Gasteiger partial charge in [-0.05, 0) is 55.3 Å². The monoisotopic (exact) mass is 658 g/mol. The molecule has 1 aliphatic heterocycles. The lowest BCUT2D eigenvalue weighted by Gasteiger charge is -2.67. The maximum absolute atomic E-state index is 15.4. The van der Waals surface area contributed by atoms with Gasteiger partial charge in [0.2, 0.25) is 0 Å². The van der Waals surface area contributed by atoms with Crippen molar-refractivity contribution in [1.29, 1.82) is 0 Å². The number of ether oxygens (including phenoxy) is 3. The van der Waals surface area contributed by atoms with E-state index in [0.29, 0.717) is 5.57 Å². The van der Waals surface area contributed by atoms with Crippen LogP contribution in [0.15, 0.2) is 41.5 Å². The van der Waals surface area contributed by atoms with Gasteiger partial charge in [0.15, 0.2) is 20.2 Å². The number of Topliss-reactive ketones (excluding diaryl/α,β-unsaturated/α-hetero) is 1. The molecular weight excluding hydrogens is 608 g/mol. The Morgan fingerprint density at radius 1 is 1.02 bits per heavy atom. The molecule has 4 aliphatic rings. The molecular formula is C35H50O10Si. The number of benzene rings is 1. The molecule has 10 nitrogen and oxygen atoms in total. The topological polar surface area (TPSA) is 149 Å². The molecule has 3 N–H and O–H groups in total. The first kappa shape index (κ1) is 34.9. The molecule has 1 aromatic carbocycles. The second-order valence-electron chi connectivity index (χ2n) is 14.5. The molecule has 0 aromatic heterocycles. The van der Waals surface area contributed by atoms with Crippen LogP contribution in [0.3, 0.4) is 0 Å². The molecule has 3 fully saturated rings. The fourth-order valence-corrected chi connectivity index (χ4v) is 11.9. The Bertz CT molecular complexity index is 1400. The average Bonchev–Trinajstić information content (AvgIpc) is 3.01. The number of ketones is 1. The van der Waals surface area contributed by atoms with Crippen LogP contribution in [0.1, 0.15) is 78.6 Å². The molecule has 1 aromatic rings. The fourth-order valence-electron chi connectivity index (χ4n) is 8.96. The number of fused-ring (bicyclic) bond motifs is 5. The lowest BCUT2D eigenvalue weighted by atomic mass is 9.44. The van der Waals surface area contributed by atoms with Gasteiger partial charge in [0.25, 0.3) is 0 Å². The van der Waals surface area contributed by atoms with Gasteiger partial charge in [-0.2, -0.15) is 0 Å². The molecule has 5 rings (SSSR count). The molecule has 46 heavy (non-hydrogen) atoms. The molecule has 0 spiro atoms. The fraction of sp³-hybridized carbons (Fsp3) is 0.686. The average molecular weight is 659 g/mol. The lowest BCUT2D eigenvalue weighted by molar-refractivity contribution is -0.342. The molecule has 1 saturated heterocycles. The molecule has 0 unspecified atom stereocenters. The Kier molecular flexibility index (Phi) is 9.05. The lowest BCUT2D eigenvalue weighted by Crippen LogP contribution is -2.81. The zero-order chi connectivity index (χ0) is 34.0. The summed E-state index contributed by atoms with van der Waals surface area (Å²) in [5, 5.41) is 37.0. The van der Waals surface area contributed by atoms with Crippen molar-refractivity contribution in [3.63, 3.8) is 0 Å². The first-order valence-electron chi connectivity index (χ1n) is 16.6. The molecule has 1 heterocycles. The number of aliphatic hydroxyl groups excluding tert-OH is 1. The second kappa shape index (κ2) is 11.9. The van der Waals surface area contributed by atoms with E-state index >= 15 is 4.79 Å². The van der Waals surface area contributed by atoms with Gasteiger partial charge in [-0.3, -0.25) is 9.59 Å². The van der Waals surface area contributed by atoms with Gasteiger partial charge >= 0.3 is 11.9 Å². The third-order valence-corrected chi connectivity index (χ3v) is 16.8. The smallest absolute Gasteiger partial charge is 0.338 e. The van der Waals surface area contributed by atoms with Gasteiger partial charge in [-0.15, -0.1) is 0 Å². The SMILES string of the molecule is CC[Si](CC)(CC)O[C@H]1C[C@H]2OC[C@@]2(O)[C@H]2[C@H](OC(=O)c3ccccc3)[C@]3(O)C[C@@H](O)C(C)=C([C@@H](OC(C)=O)C(=O)[C@]12C)C3(C)C. The van der Waals surface area contributed by atoms with Crippen molar-refractivity contribution in [3.8, 4) is 0 Å². The van der Waals surface area contributed by atoms with E-state index in [1.54, 1.807) is 58.0 Å². The van der Waals surface area contributed by atoms with E-state index in [4.69, 9.17) is 18.6 Å². The number of hydrogen-bond acceptors (Lipinski definition) is 10. The Hall–Kier alpha value is -2.41. The van der Waals surface area contributed by atoms with Crippen molar-refractivity contribution < 1.29 is 48.3 Å². The van der Waals surface area contributed by atoms with E-state index in [0.717, 1.165) is 18.1 Å². The minimum atomic E-state index is -2.42. The van der Waals surface area contributed by atoms with Crippen LogP contribution in [0.5, 0.6) is 0 Å². The van der Waals surface area contributed by atoms with Crippen LogP contribution in [0, 0.1) is 16.7 Å². The maximum Gasteiger partial charge on any atom is 0.338 e. The van der Waals surface area contributed by atoms with E-state index in [1.165, 1.54) is 6.92 Å². The van der Waals surface area contributed by atoms with Gasteiger partial charge in [-0.1, -0.05) is 52.8 Å². The van der Waals surface area contributed by atoms with Crippen molar-refractivity contribution in [1.82, 2.24) is 0 Å². The molecule has 3 aliphatic carbocycles. The van der Waals surface area contributed by atoms with Crippen LogP contribution >= 0.6 is 0 Å². The zero-order valence-corrected chi connectivity index (χ0v) is 29.3. The van der Waals surface area contributed by atoms with Crippen LogP contribution in [0.25, 0.3) is 0 Å². The summed E-state index contributed by atoms with van der Waals surface area (Å²) in [5.41, 5.74) is -5.82. The molecule has 254 valence electrons. The quantitative estimate of drug-likeness (QED) is 0.212.